The Morgan fingerprint density at radius 3 is 2.84 bits per heavy atom. The Labute approximate surface area is 119 Å². The molecule has 104 valence electrons. The highest BCUT2D eigenvalue weighted by molar-refractivity contribution is 7.80. The maximum atomic E-state index is 13.4. The molecule has 19 heavy (non-hydrogen) atoms. The summed E-state index contributed by atoms with van der Waals surface area (Å²) in [7, 11) is 2.13. The van der Waals surface area contributed by atoms with E-state index < -0.39 is 0 Å². The first-order valence-electron chi connectivity index (χ1n) is 6.55. The Balaban J connectivity index is 2.13. The van der Waals surface area contributed by atoms with E-state index in [4.69, 9.17) is 18.0 Å². The Kier molecular flexibility index (Phi) is 4.85. The molecular weight excluding hydrogens is 261 g/mol. The van der Waals surface area contributed by atoms with E-state index in [-0.39, 0.29) is 5.82 Å². The molecule has 0 atom stereocenters. The fourth-order valence-electron chi connectivity index (χ4n) is 2.43. The number of halogens is 1. The van der Waals surface area contributed by atoms with Crippen LogP contribution >= 0.6 is 12.2 Å². The number of hydrogen-bond acceptors (Lipinski definition) is 3. The van der Waals surface area contributed by atoms with E-state index in [1.165, 1.54) is 6.07 Å². The monoisotopic (exact) mass is 281 g/mol. The van der Waals surface area contributed by atoms with Crippen molar-refractivity contribution in [2.45, 2.75) is 13.0 Å². The lowest BCUT2D eigenvalue weighted by Gasteiger charge is -2.21. The van der Waals surface area contributed by atoms with Gasteiger partial charge in [-0.15, -0.1) is 0 Å². The van der Waals surface area contributed by atoms with E-state index in [0.29, 0.717) is 11.5 Å². The molecule has 2 rings (SSSR count). The molecule has 3 nitrogen and oxygen atoms in total. The van der Waals surface area contributed by atoms with Crippen molar-refractivity contribution < 1.29 is 4.39 Å². The van der Waals surface area contributed by atoms with Crippen molar-refractivity contribution in [2.24, 2.45) is 5.73 Å². The van der Waals surface area contributed by atoms with Crippen LogP contribution in [0.25, 0.3) is 0 Å². The maximum Gasteiger partial charge on any atom is 0.123 e. The highest BCUT2D eigenvalue weighted by atomic mass is 32.1. The molecule has 0 radical (unpaired) electrons. The zero-order chi connectivity index (χ0) is 13.8. The molecule has 0 aromatic heterocycles. The van der Waals surface area contributed by atoms with Crippen molar-refractivity contribution in [2.75, 3.05) is 33.2 Å². The second-order valence-electron chi connectivity index (χ2n) is 5.10. The maximum absolute atomic E-state index is 13.4. The summed E-state index contributed by atoms with van der Waals surface area (Å²) in [6.45, 7) is 4.87. The van der Waals surface area contributed by atoms with Crippen molar-refractivity contribution in [3.63, 3.8) is 0 Å². The summed E-state index contributed by atoms with van der Waals surface area (Å²) in [5.41, 5.74) is 7.38. The average molecular weight is 281 g/mol. The molecule has 0 amide bonds. The molecule has 0 aliphatic carbocycles. The molecule has 1 heterocycles. The van der Waals surface area contributed by atoms with Gasteiger partial charge in [-0.1, -0.05) is 12.2 Å². The van der Waals surface area contributed by atoms with Crippen LogP contribution in [0.1, 0.15) is 17.5 Å². The van der Waals surface area contributed by atoms with Crippen LogP contribution in [0, 0.1) is 5.82 Å². The molecule has 2 N–H and O–H groups in total. The summed E-state index contributed by atoms with van der Waals surface area (Å²) >= 11 is 5.03. The van der Waals surface area contributed by atoms with E-state index in [2.05, 4.69) is 16.8 Å². The standard InChI is InChI=1S/C14H20FN3S/c1-17-5-2-6-18(8-7-17)10-11-9-12(15)3-4-13(11)14(16)19/h3-4,9H,2,5-8,10H2,1H3,(H2,16,19). The number of benzene rings is 1. The van der Waals surface area contributed by atoms with Crippen LogP contribution in [0.3, 0.4) is 0 Å². The van der Waals surface area contributed by atoms with Gasteiger partial charge in [-0.25, -0.2) is 4.39 Å². The van der Waals surface area contributed by atoms with Crippen LogP contribution in [-0.2, 0) is 6.54 Å². The minimum atomic E-state index is -0.234. The lowest BCUT2D eigenvalue weighted by atomic mass is 10.1. The van der Waals surface area contributed by atoms with Gasteiger partial charge in [0.15, 0.2) is 0 Å². The number of rotatable bonds is 3. The number of nitrogens with two attached hydrogens (primary N) is 1. The SMILES string of the molecule is CN1CCCN(Cc2cc(F)ccc2C(N)=S)CC1. The average Bonchev–Trinajstić information content (AvgIpc) is 2.54. The minimum absolute atomic E-state index is 0.234. The van der Waals surface area contributed by atoms with Gasteiger partial charge in [-0.2, -0.15) is 0 Å². The van der Waals surface area contributed by atoms with Crippen LogP contribution in [0.4, 0.5) is 4.39 Å². The second kappa shape index (κ2) is 6.41. The van der Waals surface area contributed by atoms with E-state index in [1.807, 2.05) is 0 Å². The molecule has 0 saturated carbocycles. The van der Waals surface area contributed by atoms with Gasteiger partial charge in [0.1, 0.15) is 10.8 Å². The highest BCUT2D eigenvalue weighted by Gasteiger charge is 2.15. The molecule has 1 aromatic carbocycles. The first kappa shape index (κ1) is 14.4. The summed E-state index contributed by atoms with van der Waals surface area (Å²) in [4.78, 5) is 4.99. The van der Waals surface area contributed by atoms with Gasteiger partial charge in [-0.05, 0) is 50.3 Å². The third-order valence-electron chi connectivity index (χ3n) is 3.54. The molecule has 1 saturated heterocycles. The molecule has 0 spiro atoms. The normalized spacial score (nSPS) is 18.2. The third kappa shape index (κ3) is 3.96. The zero-order valence-electron chi connectivity index (χ0n) is 11.2. The largest absolute Gasteiger partial charge is 0.389 e. The first-order valence-corrected chi connectivity index (χ1v) is 6.96. The van der Waals surface area contributed by atoms with Gasteiger partial charge in [-0.3, -0.25) is 4.90 Å². The van der Waals surface area contributed by atoms with Crippen molar-refractivity contribution in [1.82, 2.24) is 9.80 Å². The van der Waals surface area contributed by atoms with Crippen LogP contribution < -0.4 is 5.73 Å². The quantitative estimate of drug-likeness (QED) is 0.853. The van der Waals surface area contributed by atoms with Gasteiger partial charge >= 0.3 is 0 Å². The van der Waals surface area contributed by atoms with Gasteiger partial charge < -0.3 is 10.6 Å². The Bertz CT molecular complexity index is 464. The fourth-order valence-corrected chi connectivity index (χ4v) is 2.63. The van der Waals surface area contributed by atoms with E-state index in [0.717, 1.165) is 43.7 Å². The molecule has 1 aliphatic heterocycles. The number of hydrogen-bond donors (Lipinski definition) is 1. The molecular formula is C14H20FN3S. The first-order chi connectivity index (χ1) is 9.06. The number of likely N-dealkylation sites (N-methyl/N-ethyl adjacent to an activating group) is 1. The molecule has 0 bridgehead atoms. The number of thiocarbonyl (C=S) groups is 1. The van der Waals surface area contributed by atoms with Gasteiger partial charge in [0.25, 0.3) is 0 Å². The summed E-state index contributed by atoms with van der Waals surface area (Å²) in [5.74, 6) is -0.234. The zero-order valence-corrected chi connectivity index (χ0v) is 12.0. The Hall–Kier alpha value is -1.04. The van der Waals surface area contributed by atoms with E-state index in [1.54, 1.807) is 12.1 Å². The van der Waals surface area contributed by atoms with Crippen LogP contribution in [0.15, 0.2) is 18.2 Å². The van der Waals surface area contributed by atoms with Crippen molar-refractivity contribution in [3.8, 4) is 0 Å². The van der Waals surface area contributed by atoms with Crippen LogP contribution in [-0.4, -0.2) is 48.0 Å². The molecule has 0 unspecified atom stereocenters. The van der Waals surface area contributed by atoms with Gasteiger partial charge in [0.2, 0.25) is 0 Å². The topological polar surface area (TPSA) is 32.5 Å². The lowest BCUT2D eigenvalue weighted by molar-refractivity contribution is 0.269. The van der Waals surface area contributed by atoms with Crippen molar-refractivity contribution >= 4 is 17.2 Å². The second-order valence-corrected chi connectivity index (χ2v) is 5.54. The molecule has 1 aromatic rings. The molecule has 5 heteroatoms. The smallest absolute Gasteiger partial charge is 0.123 e. The Morgan fingerprint density at radius 1 is 1.32 bits per heavy atom. The van der Waals surface area contributed by atoms with E-state index >= 15 is 0 Å². The minimum Gasteiger partial charge on any atom is -0.389 e. The third-order valence-corrected chi connectivity index (χ3v) is 3.76. The van der Waals surface area contributed by atoms with Gasteiger partial charge in [0, 0.05) is 25.2 Å². The van der Waals surface area contributed by atoms with Crippen LogP contribution in [0.5, 0.6) is 0 Å². The Morgan fingerprint density at radius 2 is 2.11 bits per heavy atom. The molecule has 1 fully saturated rings. The van der Waals surface area contributed by atoms with Gasteiger partial charge in [0.05, 0.1) is 0 Å². The number of nitrogens with zero attached hydrogens (tertiary/aromatic N) is 2. The molecule has 1 aliphatic rings. The lowest BCUT2D eigenvalue weighted by Crippen LogP contribution is -2.29. The summed E-state index contributed by atoms with van der Waals surface area (Å²) in [6, 6.07) is 4.63. The highest BCUT2D eigenvalue weighted by Crippen LogP contribution is 2.15. The summed E-state index contributed by atoms with van der Waals surface area (Å²) < 4.78 is 13.4. The fraction of sp³-hybridized carbons (Fsp3) is 0.500. The van der Waals surface area contributed by atoms with Crippen molar-refractivity contribution in [1.29, 1.82) is 0 Å². The summed E-state index contributed by atoms with van der Waals surface area (Å²) in [6.07, 6.45) is 1.13. The summed E-state index contributed by atoms with van der Waals surface area (Å²) in [5, 5.41) is 0. The van der Waals surface area contributed by atoms with Crippen LogP contribution in [0.2, 0.25) is 0 Å². The predicted octanol–water partition coefficient (Wildman–Crippen LogP) is 1.60. The predicted molar refractivity (Wildman–Crippen MR) is 79.7 cm³/mol. The van der Waals surface area contributed by atoms with Crippen molar-refractivity contribution in [3.05, 3.63) is 35.1 Å². The van der Waals surface area contributed by atoms with E-state index in [9.17, 15) is 4.39 Å².